The van der Waals surface area contributed by atoms with E-state index in [1.54, 1.807) is 0 Å². The van der Waals surface area contributed by atoms with Crippen LogP contribution in [0.2, 0.25) is 0 Å². The zero-order chi connectivity index (χ0) is 13.7. The Kier molecular flexibility index (Phi) is 5.59. The smallest absolute Gasteiger partial charge is 0.0396 e. The molecule has 0 amide bonds. The standard InChI is InChI=1S/C16H26N2S/c1-13(12-19-3)10-17-11-14-6-7-16-15(9-14)5-4-8-18(16)2/h6-7,9,13,17H,4-5,8,10-12H2,1-3H3. The Morgan fingerprint density at radius 1 is 1.42 bits per heavy atom. The van der Waals surface area contributed by atoms with Crippen molar-refractivity contribution in [2.75, 3.05) is 37.0 Å². The third-order valence-electron chi connectivity index (χ3n) is 3.77. The van der Waals surface area contributed by atoms with Crippen LogP contribution >= 0.6 is 11.8 Å². The zero-order valence-electron chi connectivity index (χ0n) is 12.4. The molecule has 2 rings (SSSR count). The monoisotopic (exact) mass is 278 g/mol. The maximum atomic E-state index is 3.58. The van der Waals surface area contributed by atoms with Gasteiger partial charge >= 0.3 is 0 Å². The molecule has 1 heterocycles. The van der Waals surface area contributed by atoms with Gasteiger partial charge in [-0.25, -0.2) is 0 Å². The second kappa shape index (κ2) is 7.20. The van der Waals surface area contributed by atoms with E-state index in [4.69, 9.17) is 0 Å². The van der Waals surface area contributed by atoms with Crippen LogP contribution in [-0.4, -0.2) is 32.1 Å². The third kappa shape index (κ3) is 4.15. The Hall–Kier alpha value is -0.670. The molecule has 0 aliphatic carbocycles. The number of benzene rings is 1. The normalized spacial score (nSPS) is 16.3. The molecule has 1 aliphatic heterocycles. The molecule has 1 atom stereocenters. The number of hydrogen-bond acceptors (Lipinski definition) is 3. The molecule has 0 bridgehead atoms. The van der Waals surface area contributed by atoms with E-state index in [2.05, 4.69) is 48.6 Å². The number of thioether (sulfide) groups is 1. The zero-order valence-corrected chi connectivity index (χ0v) is 13.2. The van der Waals surface area contributed by atoms with Crippen LogP contribution in [0.15, 0.2) is 18.2 Å². The van der Waals surface area contributed by atoms with Crippen molar-refractivity contribution >= 4 is 17.4 Å². The van der Waals surface area contributed by atoms with E-state index >= 15 is 0 Å². The highest BCUT2D eigenvalue weighted by atomic mass is 32.2. The van der Waals surface area contributed by atoms with Crippen molar-refractivity contribution < 1.29 is 0 Å². The molecule has 19 heavy (non-hydrogen) atoms. The van der Waals surface area contributed by atoms with Gasteiger partial charge in [0.25, 0.3) is 0 Å². The SMILES string of the molecule is CSCC(C)CNCc1ccc2c(c1)CCCN2C. The van der Waals surface area contributed by atoms with E-state index in [9.17, 15) is 0 Å². The number of nitrogens with one attached hydrogen (secondary N) is 1. The van der Waals surface area contributed by atoms with E-state index in [0.29, 0.717) is 0 Å². The van der Waals surface area contributed by atoms with Crippen LogP contribution in [-0.2, 0) is 13.0 Å². The Morgan fingerprint density at radius 3 is 3.05 bits per heavy atom. The first-order chi connectivity index (χ1) is 9.20. The van der Waals surface area contributed by atoms with Crippen molar-refractivity contribution in [1.82, 2.24) is 5.32 Å². The van der Waals surface area contributed by atoms with Gasteiger partial charge in [0.05, 0.1) is 0 Å². The highest BCUT2D eigenvalue weighted by molar-refractivity contribution is 7.98. The van der Waals surface area contributed by atoms with E-state index in [-0.39, 0.29) is 0 Å². The lowest BCUT2D eigenvalue weighted by Crippen LogP contribution is -2.25. The predicted octanol–water partition coefficient (Wildman–Crippen LogP) is 3.16. The molecule has 0 spiro atoms. The minimum absolute atomic E-state index is 0.749. The lowest BCUT2D eigenvalue weighted by atomic mass is 9.99. The van der Waals surface area contributed by atoms with Gasteiger partial charge in [-0.3, -0.25) is 0 Å². The minimum atomic E-state index is 0.749. The Bertz CT molecular complexity index is 406. The molecule has 1 aromatic carbocycles. The number of hydrogen-bond donors (Lipinski definition) is 1. The summed E-state index contributed by atoms with van der Waals surface area (Å²) in [7, 11) is 2.19. The van der Waals surface area contributed by atoms with E-state index in [1.807, 2.05) is 11.8 Å². The molecule has 0 radical (unpaired) electrons. The second-order valence-electron chi connectivity index (χ2n) is 5.68. The van der Waals surface area contributed by atoms with Crippen molar-refractivity contribution in [2.24, 2.45) is 5.92 Å². The average Bonchev–Trinajstić information content (AvgIpc) is 2.39. The van der Waals surface area contributed by atoms with E-state index < -0.39 is 0 Å². The predicted molar refractivity (Wildman–Crippen MR) is 87.3 cm³/mol. The minimum Gasteiger partial charge on any atom is -0.374 e. The van der Waals surface area contributed by atoms with Gasteiger partial charge in [0.15, 0.2) is 0 Å². The van der Waals surface area contributed by atoms with Crippen LogP contribution < -0.4 is 10.2 Å². The van der Waals surface area contributed by atoms with Crippen molar-refractivity contribution in [1.29, 1.82) is 0 Å². The summed E-state index contributed by atoms with van der Waals surface area (Å²) in [6.07, 6.45) is 4.69. The molecule has 2 nitrogen and oxygen atoms in total. The number of anilines is 1. The summed E-state index contributed by atoms with van der Waals surface area (Å²) in [6, 6.07) is 6.95. The topological polar surface area (TPSA) is 15.3 Å². The Morgan fingerprint density at radius 2 is 2.26 bits per heavy atom. The lowest BCUT2D eigenvalue weighted by Gasteiger charge is -2.28. The van der Waals surface area contributed by atoms with Crippen LogP contribution in [0.3, 0.4) is 0 Å². The lowest BCUT2D eigenvalue weighted by molar-refractivity contribution is 0.559. The molecule has 0 fully saturated rings. The second-order valence-corrected chi connectivity index (χ2v) is 6.59. The van der Waals surface area contributed by atoms with Gasteiger partial charge in [0.1, 0.15) is 0 Å². The highest BCUT2D eigenvalue weighted by Gasteiger charge is 2.13. The van der Waals surface area contributed by atoms with Gasteiger partial charge < -0.3 is 10.2 Å². The summed E-state index contributed by atoms with van der Waals surface area (Å²) in [5, 5.41) is 3.58. The van der Waals surface area contributed by atoms with Crippen molar-refractivity contribution in [3.05, 3.63) is 29.3 Å². The molecule has 3 heteroatoms. The van der Waals surface area contributed by atoms with Crippen molar-refractivity contribution in [2.45, 2.75) is 26.3 Å². The van der Waals surface area contributed by atoms with Gasteiger partial charge in [-0.2, -0.15) is 11.8 Å². The van der Waals surface area contributed by atoms with Crippen LogP contribution in [0.1, 0.15) is 24.5 Å². The van der Waals surface area contributed by atoms with Crippen LogP contribution in [0.5, 0.6) is 0 Å². The fourth-order valence-corrected chi connectivity index (χ4v) is 3.44. The molecular weight excluding hydrogens is 252 g/mol. The summed E-state index contributed by atoms with van der Waals surface area (Å²) in [6.45, 7) is 5.61. The van der Waals surface area contributed by atoms with Gasteiger partial charge in [-0.15, -0.1) is 0 Å². The molecule has 0 saturated carbocycles. The van der Waals surface area contributed by atoms with Gasteiger partial charge in [0, 0.05) is 25.8 Å². The van der Waals surface area contributed by atoms with Gasteiger partial charge in [-0.05, 0) is 54.5 Å². The molecule has 1 N–H and O–H groups in total. The third-order valence-corrected chi connectivity index (χ3v) is 4.67. The Labute approximate surface area is 122 Å². The molecule has 1 aromatic rings. The van der Waals surface area contributed by atoms with E-state index in [1.165, 1.54) is 42.0 Å². The maximum Gasteiger partial charge on any atom is 0.0396 e. The summed E-state index contributed by atoms with van der Waals surface area (Å²) in [5.41, 5.74) is 4.36. The first kappa shape index (κ1) is 14.7. The molecule has 1 aliphatic rings. The molecule has 0 aromatic heterocycles. The van der Waals surface area contributed by atoms with Gasteiger partial charge in [0.2, 0.25) is 0 Å². The fourth-order valence-electron chi connectivity index (χ4n) is 2.75. The molecule has 106 valence electrons. The van der Waals surface area contributed by atoms with Crippen molar-refractivity contribution in [3.8, 4) is 0 Å². The van der Waals surface area contributed by atoms with Gasteiger partial charge in [-0.1, -0.05) is 19.1 Å². The van der Waals surface area contributed by atoms with E-state index in [0.717, 1.165) is 19.0 Å². The van der Waals surface area contributed by atoms with Crippen molar-refractivity contribution in [3.63, 3.8) is 0 Å². The molecule has 1 unspecified atom stereocenters. The number of fused-ring (bicyclic) bond motifs is 1. The first-order valence-corrected chi connectivity index (χ1v) is 8.62. The summed E-state index contributed by atoms with van der Waals surface area (Å²) >= 11 is 1.93. The largest absolute Gasteiger partial charge is 0.374 e. The fraction of sp³-hybridized carbons (Fsp3) is 0.625. The highest BCUT2D eigenvalue weighted by Crippen LogP contribution is 2.26. The average molecular weight is 278 g/mol. The van der Waals surface area contributed by atoms with Crippen LogP contribution in [0, 0.1) is 5.92 Å². The first-order valence-electron chi connectivity index (χ1n) is 7.23. The quantitative estimate of drug-likeness (QED) is 0.860. The Balaban J connectivity index is 1.88. The summed E-state index contributed by atoms with van der Waals surface area (Å²) in [5.74, 6) is 1.99. The number of aryl methyl sites for hydroxylation is 1. The van der Waals surface area contributed by atoms with Crippen LogP contribution in [0.4, 0.5) is 5.69 Å². The maximum absolute atomic E-state index is 3.58. The van der Waals surface area contributed by atoms with Crippen LogP contribution in [0.25, 0.3) is 0 Å². The molecule has 0 saturated heterocycles. The summed E-state index contributed by atoms with van der Waals surface area (Å²) in [4.78, 5) is 2.37. The molecular formula is C16H26N2S. The number of nitrogens with zero attached hydrogens (tertiary/aromatic N) is 1. The summed E-state index contributed by atoms with van der Waals surface area (Å²) < 4.78 is 0. The number of rotatable bonds is 6.